The molecule has 2 fully saturated rings. The summed E-state index contributed by atoms with van der Waals surface area (Å²) in [6.07, 6.45) is 11.1. The van der Waals surface area contributed by atoms with Crippen molar-refractivity contribution in [3.63, 3.8) is 0 Å². The first kappa shape index (κ1) is 17.3. The van der Waals surface area contributed by atoms with E-state index in [1.807, 2.05) is 0 Å². The number of hydrogen-bond donors (Lipinski definition) is 1. The normalized spacial score (nSPS) is 34.6. The molecule has 0 amide bonds. The second-order valence-electron chi connectivity index (χ2n) is 8.12. The van der Waals surface area contributed by atoms with Crippen LogP contribution in [0.3, 0.4) is 0 Å². The molecule has 0 bridgehead atoms. The van der Waals surface area contributed by atoms with E-state index in [9.17, 15) is 0 Å². The highest BCUT2D eigenvalue weighted by Gasteiger charge is 2.41. The Kier molecular flexibility index (Phi) is 6.55. The van der Waals surface area contributed by atoms with E-state index >= 15 is 0 Å². The maximum Gasteiger partial charge on any atom is 0.0274 e. The van der Waals surface area contributed by atoms with Crippen LogP contribution in [0.5, 0.6) is 0 Å². The molecule has 0 aromatic rings. The highest BCUT2D eigenvalue weighted by Crippen LogP contribution is 2.38. The second-order valence-corrected chi connectivity index (χ2v) is 8.12. The van der Waals surface area contributed by atoms with Crippen molar-refractivity contribution in [2.75, 3.05) is 19.6 Å². The van der Waals surface area contributed by atoms with Gasteiger partial charge in [-0.15, -0.1) is 0 Å². The number of hydrogen-bond acceptors (Lipinski definition) is 2. The Balaban J connectivity index is 2.03. The van der Waals surface area contributed by atoms with Gasteiger partial charge >= 0.3 is 0 Å². The molecule has 2 nitrogen and oxygen atoms in total. The Morgan fingerprint density at radius 2 is 1.86 bits per heavy atom. The lowest BCUT2D eigenvalue weighted by atomic mass is 9.70. The van der Waals surface area contributed by atoms with Crippen molar-refractivity contribution in [2.24, 2.45) is 11.3 Å². The van der Waals surface area contributed by atoms with Gasteiger partial charge in [0.25, 0.3) is 0 Å². The van der Waals surface area contributed by atoms with Crippen LogP contribution >= 0.6 is 0 Å². The Morgan fingerprint density at radius 3 is 2.57 bits per heavy atom. The summed E-state index contributed by atoms with van der Waals surface area (Å²) in [5.41, 5.74) is 0.453. The molecule has 2 aliphatic rings. The van der Waals surface area contributed by atoms with Gasteiger partial charge in [0.15, 0.2) is 0 Å². The minimum atomic E-state index is 0.453. The third-order valence-electron chi connectivity index (χ3n) is 6.09. The third kappa shape index (κ3) is 4.45. The number of rotatable bonds is 5. The first-order chi connectivity index (χ1) is 10.1. The zero-order chi connectivity index (χ0) is 15.3. The van der Waals surface area contributed by atoms with Gasteiger partial charge in [0.2, 0.25) is 0 Å². The third-order valence-corrected chi connectivity index (χ3v) is 6.09. The van der Waals surface area contributed by atoms with E-state index in [0.29, 0.717) is 11.5 Å². The summed E-state index contributed by atoms with van der Waals surface area (Å²) in [5.74, 6) is 0.980. The molecule has 2 rings (SSSR count). The average Bonchev–Trinajstić information content (AvgIpc) is 2.70. The zero-order valence-electron chi connectivity index (χ0n) is 15.0. The van der Waals surface area contributed by atoms with E-state index in [0.717, 1.165) is 12.0 Å². The fraction of sp³-hybridized carbons (Fsp3) is 1.00. The summed E-state index contributed by atoms with van der Waals surface area (Å²) in [7, 11) is 0. The lowest BCUT2D eigenvalue weighted by Crippen LogP contribution is -2.59. The van der Waals surface area contributed by atoms with Crippen molar-refractivity contribution < 1.29 is 0 Å². The van der Waals surface area contributed by atoms with E-state index < -0.39 is 0 Å². The predicted molar refractivity (Wildman–Crippen MR) is 92.7 cm³/mol. The second kappa shape index (κ2) is 7.97. The topological polar surface area (TPSA) is 15.3 Å². The molecule has 21 heavy (non-hydrogen) atoms. The summed E-state index contributed by atoms with van der Waals surface area (Å²) >= 11 is 0. The van der Waals surface area contributed by atoms with Crippen LogP contribution in [0, 0.1) is 11.3 Å². The lowest BCUT2D eigenvalue weighted by molar-refractivity contribution is 0.0495. The maximum absolute atomic E-state index is 3.91. The zero-order valence-corrected chi connectivity index (χ0v) is 15.0. The largest absolute Gasteiger partial charge is 0.312 e. The van der Waals surface area contributed by atoms with Crippen molar-refractivity contribution in [2.45, 2.75) is 91.1 Å². The summed E-state index contributed by atoms with van der Waals surface area (Å²) in [6.45, 7) is 13.5. The average molecular weight is 295 g/mol. The Morgan fingerprint density at radius 1 is 1.05 bits per heavy atom. The fourth-order valence-electron chi connectivity index (χ4n) is 4.64. The SMILES string of the molecule is CCCNC1C(N2CCCC(CC)CC2)CCCC1(C)C. The molecule has 2 heteroatoms. The van der Waals surface area contributed by atoms with Gasteiger partial charge in [-0.1, -0.05) is 40.5 Å². The number of nitrogens with zero attached hydrogens (tertiary/aromatic N) is 1. The van der Waals surface area contributed by atoms with Crippen LogP contribution in [0.4, 0.5) is 0 Å². The van der Waals surface area contributed by atoms with Gasteiger partial charge in [-0.25, -0.2) is 0 Å². The molecule has 0 radical (unpaired) electrons. The fourth-order valence-corrected chi connectivity index (χ4v) is 4.64. The van der Waals surface area contributed by atoms with E-state index in [1.54, 1.807) is 0 Å². The van der Waals surface area contributed by atoms with Gasteiger partial charge in [0, 0.05) is 12.1 Å². The van der Waals surface area contributed by atoms with Crippen molar-refractivity contribution in [1.29, 1.82) is 0 Å². The van der Waals surface area contributed by atoms with Crippen LogP contribution in [0.1, 0.15) is 79.1 Å². The van der Waals surface area contributed by atoms with Crippen molar-refractivity contribution >= 4 is 0 Å². The molecule has 3 unspecified atom stereocenters. The van der Waals surface area contributed by atoms with Crippen LogP contribution in [0.2, 0.25) is 0 Å². The highest BCUT2D eigenvalue weighted by molar-refractivity contribution is 4.98. The smallest absolute Gasteiger partial charge is 0.0274 e. The van der Waals surface area contributed by atoms with Crippen LogP contribution < -0.4 is 5.32 Å². The van der Waals surface area contributed by atoms with Crippen molar-refractivity contribution in [3.8, 4) is 0 Å². The molecule has 3 atom stereocenters. The first-order valence-electron chi connectivity index (χ1n) is 9.56. The van der Waals surface area contributed by atoms with Crippen LogP contribution in [0.25, 0.3) is 0 Å². The van der Waals surface area contributed by atoms with Crippen molar-refractivity contribution in [1.82, 2.24) is 10.2 Å². The first-order valence-corrected chi connectivity index (χ1v) is 9.56. The van der Waals surface area contributed by atoms with Gasteiger partial charge in [-0.3, -0.25) is 4.90 Å². The monoisotopic (exact) mass is 294 g/mol. The van der Waals surface area contributed by atoms with Crippen LogP contribution in [-0.4, -0.2) is 36.6 Å². The standard InChI is InChI=1S/C19H38N2/c1-5-13-20-18-17(10-7-12-19(18,3)4)21-14-8-9-16(6-2)11-15-21/h16-18,20H,5-15H2,1-4H3. The van der Waals surface area contributed by atoms with Crippen LogP contribution in [-0.2, 0) is 0 Å². The molecule has 1 saturated heterocycles. The molecule has 1 aliphatic carbocycles. The van der Waals surface area contributed by atoms with Gasteiger partial charge in [0.05, 0.1) is 0 Å². The van der Waals surface area contributed by atoms with Crippen LogP contribution in [0.15, 0.2) is 0 Å². The molecule has 124 valence electrons. The molecule has 1 N–H and O–H groups in total. The summed E-state index contributed by atoms with van der Waals surface area (Å²) in [4.78, 5) is 2.85. The van der Waals surface area contributed by atoms with Gasteiger partial charge in [-0.05, 0) is 69.5 Å². The number of nitrogens with one attached hydrogen (secondary N) is 1. The molecule has 1 saturated carbocycles. The summed E-state index contributed by atoms with van der Waals surface area (Å²) in [6, 6.07) is 1.46. The lowest BCUT2D eigenvalue weighted by Gasteiger charge is -2.49. The number of likely N-dealkylation sites (tertiary alicyclic amines) is 1. The van der Waals surface area contributed by atoms with Gasteiger partial charge in [0.1, 0.15) is 0 Å². The summed E-state index contributed by atoms with van der Waals surface area (Å²) in [5, 5.41) is 3.91. The van der Waals surface area contributed by atoms with E-state index in [-0.39, 0.29) is 0 Å². The molecular formula is C19H38N2. The quantitative estimate of drug-likeness (QED) is 0.806. The van der Waals surface area contributed by atoms with Crippen molar-refractivity contribution in [3.05, 3.63) is 0 Å². The minimum absolute atomic E-state index is 0.453. The van der Waals surface area contributed by atoms with E-state index in [2.05, 4.69) is 37.9 Å². The Labute approximate surface area is 133 Å². The molecular weight excluding hydrogens is 256 g/mol. The van der Waals surface area contributed by atoms with E-state index in [4.69, 9.17) is 0 Å². The molecule has 0 spiro atoms. The Hall–Kier alpha value is -0.0800. The summed E-state index contributed by atoms with van der Waals surface area (Å²) < 4.78 is 0. The minimum Gasteiger partial charge on any atom is -0.312 e. The molecule has 1 heterocycles. The van der Waals surface area contributed by atoms with Gasteiger partial charge in [-0.2, -0.15) is 0 Å². The van der Waals surface area contributed by atoms with E-state index in [1.165, 1.54) is 71.0 Å². The highest BCUT2D eigenvalue weighted by atomic mass is 15.2. The predicted octanol–water partition coefficient (Wildman–Crippen LogP) is 4.45. The Bertz CT molecular complexity index is 300. The molecule has 0 aromatic carbocycles. The maximum atomic E-state index is 3.91. The molecule has 1 aliphatic heterocycles. The molecule has 0 aromatic heterocycles. The van der Waals surface area contributed by atoms with Gasteiger partial charge < -0.3 is 5.32 Å².